The van der Waals surface area contributed by atoms with Crippen LogP contribution in [-0.4, -0.2) is 37.7 Å². The van der Waals surface area contributed by atoms with Crippen LogP contribution in [0.4, 0.5) is 0 Å². The number of hydrogen-bond donors (Lipinski definition) is 3. The van der Waals surface area contributed by atoms with Crippen LogP contribution >= 0.6 is 0 Å². The average molecular weight is 450 g/mol. The van der Waals surface area contributed by atoms with Gasteiger partial charge in [0, 0.05) is 28.9 Å². The number of amides is 1. The summed E-state index contributed by atoms with van der Waals surface area (Å²) in [6.07, 6.45) is 2.76. The summed E-state index contributed by atoms with van der Waals surface area (Å²) in [5.41, 5.74) is 1.83. The number of aldehydes is 1. The van der Waals surface area contributed by atoms with Crippen LogP contribution in [0.25, 0.3) is 21.7 Å². The molecular formula is C24H23N3O4S. The molecule has 0 radical (unpaired) electrons. The van der Waals surface area contributed by atoms with E-state index in [4.69, 9.17) is 0 Å². The Labute approximate surface area is 185 Å². The molecule has 164 valence electrons. The third-order valence-corrected chi connectivity index (χ3v) is 6.97. The van der Waals surface area contributed by atoms with E-state index in [2.05, 4.69) is 15.0 Å². The smallest absolute Gasteiger partial charge is 0.241 e. The fraction of sp³-hybridized carbons (Fsp3) is 0.167. The summed E-state index contributed by atoms with van der Waals surface area (Å²) in [4.78, 5) is 27.5. The Hall–Kier alpha value is -3.49. The zero-order valence-electron chi connectivity index (χ0n) is 17.4. The number of aromatic nitrogens is 1. The molecule has 7 nitrogen and oxygen atoms in total. The lowest BCUT2D eigenvalue weighted by molar-refractivity contribution is -0.125. The van der Waals surface area contributed by atoms with Crippen molar-refractivity contribution in [2.75, 3.05) is 0 Å². The lowest BCUT2D eigenvalue weighted by Gasteiger charge is -2.18. The van der Waals surface area contributed by atoms with Gasteiger partial charge in [-0.1, -0.05) is 54.6 Å². The van der Waals surface area contributed by atoms with E-state index in [0.717, 1.165) is 21.9 Å². The van der Waals surface area contributed by atoms with Crippen LogP contribution < -0.4 is 10.0 Å². The van der Waals surface area contributed by atoms with Gasteiger partial charge in [0.15, 0.2) is 0 Å². The van der Waals surface area contributed by atoms with Crippen molar-refractivity contribution in [3.05, 3.63) is 78.5 Å². The molecule has 2 atom stereocenters. The van der Waals surface area contributed by atoms with Gasteiger partial charge in [-0.25, -0.2) is 8.42 Å². The summed E-state index contributed by atoms with van der Waals surface area (Å²) in [5.74, 6) is -0.578. The van der Waals surface area contributed by atoms with Crippen molar-refractivity contribution in [3.8, 4) is 0 Å². The minimum atomic E-state index is -3.96. The summed E-state index contributed by atoms with van der Waals surface area (Å²) < 4.78 is 28.3. The largest absolute Gasteiger partial charge is 0.361 e. The van der Waals surface area contributed by atoms with E-state index in [9.17, 15) is 18.0 Å². The number of para-hydroxylation sites is 1. The first-order valence-electron chi connectivity index (χ1n) is 10.2. The monoisotopic (exact) mass is 449 g/mol. The van der Waals surface area contributed by atoms with E-state index in [0.29, 0.717) is 18.1 Å². The summed E-state index contributed by atoms with van der Waals surface area (Å²) in [5, 5.41) is 4.96. The van der Waals surface area contributed by atoms with E-state index in [1.54, 1.807) is 24.4 Å². The first kappa shape index (κ1) is 21.7. The second kappa shape index (κ2) is 8.94. The summed E-state index contributed by atoms with van der Waals surface area (Å²) >= 11 is 0. The van der Waals surface area contributed by atoms with Gasteiger partial charge in [-0.05, 0) is 30.0 Å². The molecule has 0 saturated carbocycles. The van der Waals surface area contributed by atoms with Gasteiger partial charge in [-0.3, -0.25) is 4.79 Å². The topological polar surface area (TPSA) is 108 Å². The van der Waals surface area contributed by atoms with Crippen LogP contribution in [-0.2, 0) is 26.0 Å². The van der Waals surface area contributed by atoms with Crippen LogP contribution in [0, 0.1) is 0 Å². The van der Waals surface area contributed by atoms with Crippen molar-refractivity contribution in [1.29, 1.82) is 0 Å². The molecule has 0 fully saturated rings. The van der Waals surface area contributed by atoms with Crippen LogP contribution in [0.5, 0.6) is 0 Å². The number of H-pyrrole nitrogens is 1. The molecule has 0 bridgehead atoms. The van der Waals surface area contributed by atoms with Crippen molar-refractivity contribution >= 4 is 43.9 Å². The second-order valence-corrected chi connectivity index (χ2v) is 9.32. The molecule has 3 N–H and O–H groups in total. The predicted octanol–water partition coefficient (Wildman–Crippen LogP) is 2.91. The van der Waals surface area contributed by atoms with Crippen molar-refractivity contribution in [2.24, 2.45) is 0 Å². The van der Waals surface area contributed by atoms with Crippen LogP contribution in [0.15, 0.2) is 77.8 Å². The molecule has 3 aromatic carbocycles. The van der Waals surface area contributed by atoms with Crippen molar-refractivity contribution in [2.45, 2.75) is 30.3 Å². The fourth-order valence-corrected chi connectivity index (χ4v) is 5.19. The number of sulfonamides is 1. The maximum absolute atomic E-state index is 13.0. The SMILES string of the molecule is C[C@H](NS(=O)(=O)c1cccc2ccccc12)C(=O)N[C@H](C=O)Cc1c[nH]c2ccccc12. The Morgan fingerprint density at radius 3 is 2.47 bits per heavy atom. The standard InChI is InChI=1S/C24H23N3O4S/c1-16(27-32(30,31)23-12-6-8-17-7-2-3-10-21(17)23)24(29)26-19(15-28)13-18-14-25-22-11-5-4-9-20(18)22/h2-12,14-16,19,25,27H,13H2,1H3,(H,26,29)/t16-,19-/m0/s1. The summed E-state index contributed by atoms with van der Waals surface area (Å²) in [6, 6.07) is 17.9. The van der Waals surface area contributed by atoms with Gasteiger partial charge in [0.25, 0.3) is 0 Å². The van der Waals surface area contributed by atoms with Crippen molar-refractivity contribution < 1.29 is 18.0 Å². The molecule has 0 aliphatic heterocycles. The first-order valence-corrected chi connectivity index (χ1v) is 11.7. The zero-order chi connectivity index (χ0) is 22.7. The highest BCUT2D eigenvalue weighted by Gasteiger charge is 2.25. The lowest BCUT2D eigenvalue weighted by Crippen LogP contribution is -2.49. The number of nitrogens with one attached hydrogen (secondary N) is 3. The maximum atomic E-state index is 13.0. The third-order valence-electron chi connectivity index (χ3n) is 5.37. The van der Waals surface area contributed by atoms with Gasteiger partial charge >= 0.3 is 0 Å². The summed E-state index contributed by atoms with van der Waals surface area (Å²) in [6.45, 7) is 1.45. The molecule has 0 spiro atoms. The van der Waals surface area contributed by atoms with Gasteiger partial charge in [0.2, 0.25) is 15.9 Å². The number of rotatable bonds is 8. The van der Waals surface area contributed by atoms with Gasteiger partial charge < -0.3 is 15.1 Å². The van der Waals surface area contributed by atoms with E-state index in [1.807, 2.05) is 42.5 Å². The molecule has 32 heavy (non-hydrogen) atoms. The predicted molar refractivity (Wildman–Crippen MR) is 124 cm³/mol. The Morgan fingerprint density at radius 1 is 1.00 bits per heavy atom. The number of carbonyl (C=O) groups excluding carboxylic acids is 2. The molecular weight excluding hydrogens is 426 g/mol. The molecule has 4 rings (SSSR count). The van der Waals surface area contributed by atoms with Gasteiger partial charge in [0.1, 0.15) is 6.29 Å². The van der Waals surface area contributed by atoms with Crippen LogP contribution in [0.2, 0.25) is 0 Å². The highest BCUT2D eigenvalue weighted by atomic mass is 32.2. The van der Waals surface area contributed by atoms with Crippen LogP contribution in [0.1, 0.15) is 12.5 Å². The number of hydrogen-bond acceptors (Lipinski definition) is 4. The molecule has 1 amide bonds. The Kier molecular flexibility index (Phi) is 6.07. The van der Waals surface area contributed by atoms with E-state index in [-0.39, 0.29) is 4.90 Å². The average Bonchev–Trinajstić information content (AvgIpc) is 3.20. The van der Waals surface area contributed by atoms with Gasteiger partial charge in [-0.15, -0.1) is 0 Å². The zero-order valence-corrected chi connectivity index (χ0v) is 18.2. The highest BCUT2D eigenvalue weighted by molar-refractivity contribution is 7.89. The summed E-state index contributed by atoms with van der Waals surface area (Å²) in [7, 11) is -3.96. The number of fused-ring (bicyclic) bond motifs is 2. The molecule has 0 unspecified atom stereocenters. The van der Waals surface area contributed by atoms with Gasteiger partial charge in [-0.2, -0.15) is 4.72 Å². The maximum Gasteiger partial charge on any atom is 0.241 e. The molecule has 0 aliphatic carbocycles. The van der Waals surface area contributed by atoms with E-state index in [1.165, 1.54) is 13.0 Å². The third kappa shape index (κ3) is 4.42. The number of carbonyl (C=O) groups is 2. The Morgan fingerprint density at radius 2 is 1.69 bits per heavy atom. The lowest BCUT2D eigenvalue weighted by atomic mass is 10.1. The Balaban J connectivity index is 1.47. The second-order valence-electron chi connectivity index (χ2n) is 7.64. The van der Waals surface area contributed by atoms with Gasteiger partial charge in [0.05, 0.1) is 17.0 Å². The fourth-order valence-electron chi connectivity index (χ4n) is 3.76. The molecule has 1 heterocycles. The molecule has 8 heteroatoms. The normalized spacial score (nSPS) is 13.7. The molecule has 0 saturated heterocycles. The number of aromatic amines is 1. The minimum Gasteiger partial charge on any atom is -0.361 e. The molecule has 4 aromatic rings. The molecule has 1 aromatic heterocycles. The van der Waals surface area contributed by atoms with Crippen LogP contribution in [0.3, 0.4) is 0 Å². The van der Waals surface area contributed by atoms with E-state index < -0.39 is 28.0 Å². The molecule has 0 aliphatic rings. The first-order chi connectivity index (χ1) is 15.4. The minimum absolute atomic E-state index is 0.0981. The van der Waals surface area contributed by atoms with E-state index >= 15 is 0 Å². The highest BCUT2D eigenvalue weighted by Crippen LogP contribution is 2.23. The van der Waals surface area contributed by atoms with Crippen molar-refractivity contribution in [1.82, 2.24) is 15.0 Å². The quantitative estimate of drug-likeness (QED) is 0.360. The van der Waals surface area contributed by atoms with Crippen molar-refractivity contribution in [3.63, 3.8) is 0 Å². The number of benzene rings is 3. The Bertz CT molecular complexity index is 1390.